The minimum Gasteiger partial charge on any atom is -0.493 e. The van der Waals surface area contributed by atoms with Gasteiger partial charge in [0, 0.05) is 25.5 Å². The van der Waals surface area contributed by atoms with Crippen molar-refractivity contribution in [1.82, 2.24) is 9.88 Å². The number of aromatic nitrogens is 1. The van der Waals surface area contributed by atoms with Gasteiger partial charge >= 0.3 is 5.97 Å². The molecule has 2 aromatic rings. The van der Waals surface area contributed by atoms with Crippen molar-refractivity contribution in [1.29, 1.82) is 0 Å². The van der Waals surface area contributed by atoms with Crippen molar-refractivity contribution in [2.45, 2.75) is 26.3 Å². The van der Waals surface area contributed by atoms with Gasteiger partial charge in [-0.05, 0) is 36.8 Å². The van der Waals surface area contributed by atoms with Crippen LogP contribution < -0.4 is 4.74 Å². The SMILES string of the molecule is CCOC(=O)CCN(Cc1ccncc1)C(=O)CCOc1ccccc1. The molecule has 0 saturated heterocycles. The molecule has 6 heteroatoms. The van der Waals surface area contributed by atoms with Crippen molar-refractivity contribution in [3.8, 4) is 5.75 Å². The van der Waals surface area contributed by atoms with Gasteiger partial charge in [-0.2, -0.15) is 0 Å². The molecule has 1 heterocycles. The lowest BCUT2D eigenvalue weighted by molar-refractivity contribution is -0.144. The topological polar surface area (TPSA) is 68.7 Å². The molecule has 0 bridgehead atoms. The van der Waals surface area contributed by atoms with Gasteiger partial charge in [0.25, 0.3) is 0 Å². The predicted octanol–water partition coefficient (Wildman–Crippen LogP) is 2.83. The number of carbonyl (C=O) groups excluding carboxylic acids is 2. The number of para-hydroxylation sites is 1. The predicted molar refractivity (Wildman–Crippen MR) is 97.5 cm³/mol. The van der Waals surface area contributed by atoms with Crippen LogP contribution in [-0.2, 0) is 20.9 Å². The Morgan fingerprint density at radius 3 is 2.46 bits per heavy atom. The first kappa shape index (κ1) is 19.4. The number of carbonyl (C=O) groups is 2. The maximum Gasteiger partial charge on any atom is 0.307 e. The number of amides is 1. The van der Waals surface area contributed by atoms with E-state index in [1.807, 2.05) is 42.5 Å². The van der Waals surface area contributed by atoms with Crippen LogP contribution in [0, 0.1) is 0 Å². The summed E-state index contributed by atoms with van der Waals surface area (Å²) in [6, 6.07) is 13.1. The molecule has 0 atom stereocenters. The molecule has 0 aliphatic rings. The first-order chi connectivity index (χ1) is 12.7. The molecule has 0 spiro atoms. The van der Waals surface area contributed by atoms with E-state index in [-0.39, 0.29) is 31.3 Å². The lowest BCUT2D eigenvalue weighted by atomic mass is 10.2. The molecule has 0 N–H and O–H groups in total. The molecular formula is C20H24N2O4. The number of rotatable bonds is 10. The number of hydrogen-bond acceptors (Lipinski definition) is 5. The van der Waals surface area contributed by atoms with Gasteiger partial charge in [-0.25, -0.2) is 0 Å². The fourth-order valence-electron chi connectivity index (χ4n) is 2.39. The summed E-state index contributed by atoms with van der Waals surface area (Å²) < 4.78 is 10.5. The molecule has 1 aromatic heterocycles. The van der Waals surface area contributed by atoms with Crippen molar-refractivity contribution in [2.24, 2.45) is 0 Å². The number of esters is 1. The highest BCUT2D eigenvalue weighted by Crippen LogP contribution is 2.10. The largest absolute Gasteiger partial charge is 0.493 e. The van der Waals surface area contributed by atoms with Crippen molar-refractivity contribution >= 4 is 11.9 Å². The average molecular weight is 356 g/mol. The molecule has 2 rings (SSSR count). The van der Waals surface area contributed by atoms with Gasteiger partial charge in [0.1, 0.15) is 5.75 Å². The second-order valence-electron chi connectivity index (χ2n) is 5.64. The Labute approximate surface area is 153 Å². The van der Waals surface area contributed by atoms with Crippen LogP contribution in [0.2, 0.25) is 0 Å². The fourth-order valence-corrected chi connectivity index (χ4v) is 2.39. The maximum atomic E-state index is 12.6. The van der Waals surface area contributed by atoms with Gasteiger partial charge < -0.3 is 14.4 Å². The van der Waals surface area contributed by atoms with Gasteiger partial charge in [-0.15, -0.1) is 0 Å². The lowest BCUT2D eigenvalue weighted by Crippen LogP contribution is -2.33. The van der Waals surface area contributed by atoms with Gasteiger partial charge in [0.2, 0.25) is 5.91 Å². The Hall–Kier alpha value is -2.89. The van der Waals surface area contributed by atoms with Crippen molar-refractivity contribution in [3.63, 3.8) is 0 Å². The summed E-state index contributed by atoms with van der Waals surface area (Å²) in [6.07, 6.45) is 3.77. The third-order valence-corrected chi connectivity index (χ3v) is 3.69. The highest BCUT2D eigenvalue weighted by atomic mass is 16.5. The summed E-state index contributed by atoms with van der Waals surface area (Å²) in [5.41, 5.74) is 0.959. The van der Waals surface area contributed by atoms with Crippen LogP contribution in [-0.4, -0.2) is 41.5 Å². The Balaban J connectivity index is 1.90. The van der Waals surface area contributed by atoms with Crippen LogP contribution in [0.3, 0.4) is 0 Å². The quantitative estimate of drug-likeness (QED) is 0.612. The summed E-state index contributed by atoms with van der Waals surface area (Å²) in [7, 11) is 0. The summed E-state index contributed by atoms with van der Waals surface area (Å²) in [5, 5.41) is 0. The van der Waals surface area contributed by atoms with Crippen molar-refractivity contribution < 1.29 is 19.1 Å². The Kier molecular flexibility index (Phi) is 8.12. The molecule has 0 unspecified atom stereocenters. The van der Waals surface area contributed by atoms with Crippen LogP contribution in [0.15, 0.2) is 54.9 Å². The summed E-state index contributed by atoms with van der Waals surface area (Å²) in [6.45, 7) is 3.12. The minimum atomic E-state index is -0.305. The van der Waals surface area contributed by atoms with E-state index in [1.54, 1.807) is 24.2 Å². The number of hydrogen-bond donors (Lipinski definition) is 0. The zero-order valence-electron chi connectivity index (χ0n) is 15.0. The standard InChI is InChI=1S/C20H24N2O4/c1-2-25-20(24)10-14-22(16-17-8-12-21-13-9-17)19(23)11-15-26-18-6-4-3-5-7-18/h3-9,12-13H,2,10-11,14-16H2,1H3. The van der Waals surface area contributed by atoms with E-state index >= 15 is 0 Å². The first-order valence-corrected chi connectivity index (χ1v) is 8.69. The van der Waals surface area contributed by atoms with E-state index in [0.717, 1.165) is 11.3 Å². The maximum absolute atomic E-state index is 12.6. The van der Waals surface area contributed by atoms with E-state index in [9.17, 15) is 9.59 Å². The highest BCUT2D eigenvalue weighted by molar-refractivity contribution is 5.77. The Bertz CT molecular complexity index is 677. The van der Waals surface area contributed by atoms with Crippen molar-refractivity contribution in [3.05, 3.63) is 60.4 Å². The zero-order chi connectivity index (χ0) is 18.6. The zero-order valence-corrected chi connectivity index (χ0v) is 15.0. The Morgan fingerprint density at radius 1 is 1.04 bits per heavy atom. The van der Waals surface area contributed by atoms with E-state index in [2.05, 4.69) is 4.98 Å². The number of ether oxygens (including phenoxy) is 2. The normalized spacial score (nSPS) is 10.2. The van der Waals surface area contributed by atoms with Gasteiger partial charge in [-0.1, -0.05) is 18.2 Å². The molecule has 6 nitrogen and oxygen atoms in total. The Morgan fingerprint density at radius 2 is 1.77 bits per heavy atom. The lowest BCUT2D eigenvalue weighted by Gasteiger charge is -2.22. The molecule has 0 aliphatic heterocycles. The summed E-state index contributed by atoms with van der Waals surface area (Å²) in [5.74, 6) is 0.357. The van der Waals surface area contributed by atoms with Gasteiger partial charge in [-0.3, -0.25) is 14.6 Å². The van der Waals surface area contributed by atoms with E-state index in [1.165, 1.54) is 0 Å². The third-order valence-electron chi connectivity index (χ3n) is 3.69. The fraction of sp³-hybridized carbons (Fsp3) is 0.350. The molecule has 0 radical (unpaired) electrons. The summed E-state index contributed by atoms with van der Waals surface area (Å²) in [4.78, 5) is 29.8. The molecule has 138 valence electrons. The monoisotopic (exact) mass is 356 g/mol. The van der Waals surface area contributed by atoms with Crippen LogP contribution in [0.1, 0.15) is 25.3 Å². The van der Waals surface area contributed by atoms with E-state index < -0.39 is 0 Å². The second kappa shape index (κ2) is 10.9. The number of nitrogens with zero attached hydrogens (tertiary/aromatic N) is 2. The van der Waals surface area contributed by atoms with Gasteiger partial charge in [0.05, 0.1) is 26.1 Å². The second-order valence-corrected chi connectivity index (χ2v) is 5.64. The molecular weight excluding hydrogens is 332 g/mol. The molecule has 0 saturated carbocycles. The van der Waals surface area contributed by atoms with Crippen molar-refractivity contribution in [2.75, 3.05) is 19.8 Å². The first-order valence-electron chi connectivity index (χ1n) is 8.69. The number of pyridine rings is 1. The van der Waals surface area contributed by atoms with E-state index in [4.69, 9.17) is 9.47 Å². The van der Waals surface area contributed by atoms with Crippen LogP contribution in [0.5, 0.6) is 5.75 Å². The third kappa shape index (κ3) is 6.93. The average Bonchev–Trinajstić information content (AvgIpc) is 2.67. The van der Waals surface area contributed by atoms with Crippen LogP contribution in [0.25, 0.3) is 0 Å². The molecule has 0 aliphatic carbocycles. The highest BCUT2D eigenvalue weighted by Gasteiger charge is 2.16. The minimum absolute atomic E-state index is 0.0676. The smallest absolute Gasteiger partial charge is 0.307 e. The van der Waals surface area contributed by atoms with Crippen LogP contribution >= 0.6 is 0 Å². The molecule has 0 fully saturated rings. The summed E-state index contributed by atoms with van der Waals surface area (Å²) >= 11 is 0. The number of benzene rings is 1. The van der Waals surface area contributed by atoms with E-state index in [0.29, 0.717) is 19.7 Å². The molecule has 1 amide bonds. The van der Waals surface area contributed by atoms with Crippen LogP contribution in [0.4, 0.5) is 0 Å². The molecule has 26 heavy (non-hydrogen) atoms. The van der Waals surface area contributed by atoms with Gasteiger partial charge in [0.15, 0.2) is 0 Å². The molecule has 1 aromatic carbocycles.